The number of thioether (sulfide) groups is 1. The van der Waals surface area contributed by atoms with Crippen LogP contribution in [0.15, 0.2) is 18.2 Å². The number of aromatic nitrogens is 2. The SMILES string of the molecule is O=C(O)CSCc1nc2ccc(Cl)cc2[nH]1. The molecule has 84 valence electrons. The number of halogens is 1. The fourth-order valence-corrected chi connectivity index (χ4v) is 2.12. The van der Waals surface area contributed by atoms with Crippen LogP contribution in [0.25, 0.3) is 11.0 Å². The number of nitrogens with one attached hydrogen (secondary N) is 1. The standard InChI is InChI=1S/C10H9ClN2O2S/c11-6-1-2-7-8(3-6)13-9(12-7)4-16-5-10(14)15/h1-3H,4-5H2,(H,12,13)(H,14,15). The first-order valence-electron chi connectivity index (χ1n) is 4.59. The van der Waals surface area contributed by atoms with Gasteiger partial charge in [-0.05, 0) is 18.2 Å². The maximum absolute atomic E-state index is 10.3. The molecule has 0 aliphatic carbocycles. The third-order valence-electron chi connectivity index (χ3n) is 1.96. The van der Waals surface area contributed by atoms with E-state index in [2.05, 4.69) is 9.97 Å². The van der Waals surface area contributed by atoms with Crippen molar-refractivity contribution in [3.63, 3.8) is 0 Å². The molecule has 1 aromatic carbocycles. The third kappa shape index (κ3) is 2.68. The molecule has 0 aliphatic heterocycles. The highest BCUT2D eigenvalue weighted by atomic mass is 35.5. The highest BCUT2D eigenvalue weighted by Crippen LogP contribution is 2.19. The smallest absolute Gasteiger partial charge is 0.313 e. The van der Waals surface area contributed by atoms with Gasteiger partial charge in [-0.2, -0.15) is 0 Å². The second kappa shape index (κ2) is 4.76. The lowest BCUT2D eigenvalue weighted by molar-refractivity contribution is -0.133. The number of fused-ring (bicyclic) bond motifs is 1. The summed E-state index contributed by atoms with van der Waals surface area (Å²) in [5.74, 6) is 0.587. The number of hydrogen-bond donors (Lipinski definition) is 2. The summed E-state index contributed by atoms with van der Waals surface area (Å²) in [5.41, 5.74) is 1.72. The molecule has 2 aromatic rings. The number of carboxylic acids is 1. The number of rotatable bonds is 4. The van der Waals surface area contributed by atoms with Gasteiger partial charge >= 0.3 is 5.97 Å². The maximum Gasteiger partial charge on any atom is 0.313 e. The Morgan fingerprint density at radius 1 is 1.56 bits per heavy atom. The maximum atomic E-state index is 10.3. The summed E-state index contributed by atoms with van der Waals surface area (Å²) in [6.07, 6.45) is 0. The molecule has 0 radical (unpaired) electrons. The van der Waals surface area contributed by atoms with Gasteiger partial charge in [0.05, 0.1) is 22.5 Å². The monoisotopic (exact) mass is 256 g/mol. The first-order chi connectivity index (χ1) is 7.65. The van der Waals surface area contributed by atoms with Crippen LogP contribution in [0.4, 0.5) is 0 Å². The molecule has 0 atom stereocenters. The first kappa shape index (κ1) is 11.3. The van der Waals surface area contributed by atoms with Gasteiger partial charge < -0.3 is 10.1 Å². The summed E-state index contributed by atoms with van der Waals surface area (Å²) in [7, 11) is 0. The number of nitrogens with zero attached hydrogens (tertiary/aromatic N) is 1. The van der Waals surface area contributed by atoms with Crippen LogP contribution in [0.1, 0.15) is 5.82 Å². The van der Waals surface area contributed by atoms with Gasteiger partial charge in [0.2, 0.25) is 0 Å². The van der Waals surface area contributed by atoms with E-state index in [9.17, 15) is 4.79 Å². The molecule has 0 bridgehead atoms. The number of hydrogen-bond acceptors (Lipinski definition) is 3. The van der Waals surface area contributed by atoms with Crippen molar-refractivity contribution in [2.24, 2.45) is 0 Å². The van der Waals surface area contributed by atoms with Crippen molar-refractivity contribution in [1.82, 2.24) is 9.97 Å². The minimum absolute atomic E-state index is 0.0812. The number of carboxylic acid groups (broad SMARTS) is 1. The van der Waals surface area contributed by atoms with E-state index in [4.69, 9.17) is 16.7 Å². The summed E-state index contributed by atoms with van der Waals surface area (Å²) in [4.78, 5) is 17.8. The molecule has 2 N–H and O–H groups in total. The normalized spacial score (nSPS) is 10.8. The van der Waals surface area contributed by atoms with E-state index in [0.717, 1.165) is 16.9 Å². The predicted molar refractivity (Wildman–Crippen MR) is 64.9 cm³/mol. The number of aliphatic carboxylic acids is 1. The molecular weight excluding hydrogens is 248 g/mol. The minimum Gasteiger partial charge on any atom is -0.481 e. The second-order valence-corrected chi connectivity index (χ2v) is 4.65. The fourth-order valence-electron chi connectivity index (χ4n) is 1.34. The molecule has 1 aromatic heterocycles. The van der Waals surface area contributed by atoms with Crippen LogP contribution in [-0.4, -0.2) is 26.8 Å². The Morgan fingerprint density at radius 2 is 2.38 bits per heavy atom. The van der Waals surface area contributed by atoms with Crippen molar-refractivity contribution >= 4 is 40.4 Å². The zero-order valence-corrected chi connectivity index (χ0v) is 9.81. The van der Waals surface area contributed by atoms with E-state index in [1.54, 1.807) is 12.1 Å². The number of benzene rings is 1. The lowest BCUT2D eigenvalue weighted by atomic mass is 10.3. The topological polar surface area (TPSA) is 66.0 Å². The van der Waals surface area contributed by atoms with Crippen LogP contribution in [0.3, 0.4) is 0 Å². The van der Waals surface area contributed by atoms with Gasteiger partial charge in [-0.15, -0.1) is 11.8 Å². The molecule has 0 fully saturated rings. The first-order valence-corrected chi connectivity index (χ1v) is 6.12. The van der Waals surface area contributed by atoms with Crippen LogP contribution < -0.4 is 0 Å². The average molecular weight is 257 g/mol. The highest BCUT2D eigenvalue weighted by Gasteiger charge is 2.04. The number of carbonyl (C=O) groups is 1. The Hall–Kier alpha value is -1.20. The highest BCUT2D eigenvalue weighted by molar-refractivity contribution is 7.99. The Kier molecular flexibility index (Phi) is 3.36. The van der Waals surface area contributed by atoms with Crippen LogP contribution in [-0.2, 0) is 10.5 Å². The molecular formula is C10H9ClN2O2S. The summed E-state index contributed by atoms with van der Waals surface area (Å²) in [6, 6.07) is 5.41. The Balaban J connectivity index is 2.10. The Bertz CT molecular complexity index is 527. The summed E-state index contributed by atoms with van der Waals surface area (Å²) >= 11 is 7.15. The van der Waals surface area contributed by atoms with E-state index < -0.39 is 5.97 Å². The van der Waals surface area contributed by atoms with E-state index in [-0.39, 0.29) is 5.75 Å². The minimum atomic E-state index is -0.816. The lowest BCUT2D eigenvalue weighted by Crippen LogP contribution is -1.98. The van der Waals surface area contributed by atoms with E-state index >= 15 is 0 Å². The fraction of sp³-hybridized carbons (Fsp3) is 0.200. The molecule has 0 amide bonds. The van der Waals surface area contributed by atoms with Gasteiger partial charge in [-0.25, -0.2) is 4.98 Å². The Labute approximate surface area is 101 Å². The number of aromatic amines is 1. The van der Waals surface area contributed by atoms with E-state index in [0.29, 0.717) is 10.8 Å². The molecule has 4 nitrogen and oxygen atoms in total. The van der Waals surface area contributed by atoms with E-state index in [1.165, 1.54) is 11.8 Å². The zero-order chi connectivity index (χ0) is 11.5. The quantitative estimate of drug-likeness (QED) is 0.882. The van der Waals surface area contributed by atoms with Crippen molar-refractivity contribution in [1.29, 1.82) is 0 Å². The molecule has 0 spiro atoms. The van der Waals surface area contributed by atoms with Gasteiger partial charge in [-0.3, -0.25) is 4.79 Å². The summed E-state index contributed by atoms with van der Waals surface area (Å²) < 4.78 is 0. The van der Waals surface area contributed by atoms with E-state index in [1.807, 2.05) is 6.07 Å². The third-order valence-corrected chi connectivity index (χ3v) is 3.12. The predicted octanol–water partition coefficient (Wildman–Crippen LogP) is 2.53. The number of imidazole rings is 1. The van der Waals surface area contributed by atoms with Crippen LogP contribution in [0.2, 0.25) is 5.02 Å². The molecule has 0 saturated heterocycles. The van der Waals surface area contributed by atoms with Gasteiger partial charge in [0.25, 0.3) is 0 Å². The molecule has 6 heteroatoms. The molecule has 2 rings (SSSR count). The van der Waals surface area contributed by atoms with Crippen molar-refractivity contribution in [2.75, 3.05) is 5.75 Å². The molecule has 0 aliphatic rings. The summed E-state index contributed by atoms with van der Waals surface area (Å²) in [5, 5.41) is 9.15. The van der Waals surface area contributed by atoms with Gasteiger partial charge in [-0.1, -0.05) is 11.6 Å². The summed E-state index contributed by atoms with van der Waals surface area (Å²) in [6.45, 7) is 0. The van der Waals surface area contributed by atoms with Crippen LogP contribution in [0.5, 0.6) is 0 Å². The van der Waals surface area contributed by atoms with Crippen molar-refractivity contribution in [3.8, 4) is 0 Å². The molecule has 0 unspecified atom stereocenters. The van der Waals surface area contributed by atoms with Crippen molar-refractivity contribution in [2.45, 2.75) is 5.75 Å². The average Bonchev–Trinajstić information content (AvgIpc) is 2.58. The van der Waals surface area contributed by atoms with Crippen LogP contribution in [0, 0.1) is 0 Å². The van der Waals surface area contributed by atoms with Crippen molar-refractivity contribution < 1.29 is 9.90 Å². The largest absolute Gasteiger partial charge is 0.481 e. The van der Waals surface area contributed by atoms with Gasteiger partial charge in [0, 0.05) is 5.02 Å². The Morgan fingerprint density at radius 3 is 3.12 bits per heavy atom. The number of H-pyrrole nitrogens is 1. The van der Waals surface area contributed by atoms with Crippen molar-refractivity contribution in [3.05, 3.63) is 29.0 Å². The molecule has 0 saturated carbocycles. The van der Waals surface area contributed by atoms with Crippen LogP contribution >= 0.6 is 23.4 Å². The van der Waals surface area contributed by atoms with Gasteiger partial charge in [0.1, 0.15) is 5.82 Å². The molecule has 1 heterocycles. The van der Waals surface area contributed by atoms with Gasteiger partial charge in [0.15, 0.2) is 0 Å². The molecule has 16 heavy (non-hydrogen) atoms. The lowest BCUT2D eigenvalue weighted by Gasteiger charge is -1.93. The second-order valence-electron chi connectivity index (χ2n) is 3.23. The zero-order valence-electron chi connectivity index (χ0n) is 8.24.